The normalized spacial score (nSPS) is 12.7. The van der Waals surface area contributed by atoms with Crippen LogP contribution in [0.5, 0.6) is 11.5 Å². The van der Waals surface area contributed by atoms with E-state index in [0.717, 1.165) is 27.6 Å². The zero-order valence-corrected chi connectivity index (χ0v) is 17.3. The molecule has 0 saturated heterocycles. The number of nitrogens with zero attached hydrogens (tertiary/aromatic N) is 1. The minimum absolute atomic E-state index is 0.122. The molecule has 0 fully saturated rings. The number of thioether (sulfide) groups is 1. The Kier molecular flexibility index (Phi) is 5.92. The zero-order chi connectivity index (χ0) is 20.2. The predicted octanol–water partition coefficient (Wildman–Crippen LogP) is 4.86. The molecule has 2 aromatic heterocycles. The first-order valence-corrected chi connectivity index (χ1v) is 11.0. The van der Waals surface area contributed by atoms with Crippen LogP contribution in [-0.2, 0) is 11.2 Å². The van der Waals surface area contributed by atoms with Gasteiger partial charge < -0.3 is 19.0 Å². The molecule has 0 unspecified atom stereocenters. The Morgan fingerprint density at radius 2 is 2.14 bits per heavy atom. The lowest BCUT2D eigenvalue weighted by molar-refractivity contribution is -0.133. The Morgan fingerprint density at radius 3 is 3.00 bits per heavy atom. The number of hydrogen-bond acceptors (Lipinski definition) is 7. The Labute approximate surface area is 176 Å². The van der Waals surface area contributed by atoms with Gasteiger partial charge in [0.15, 0.2) is 11.5 Å². The SMILES string of the molecule is Cc1oc(-c2ccc3c(c2)OCO3)nc1Cc1ccc(/C=C/CSCC(=O)O)s1. The van der Waals surface area contributed by atoms with Crippen molar-refractivity contribution in [3.63, 3.8) is 0 Å². The van der Waals surface area contributed by atoms with Gasteiger partial charge in [-0.1, -0.05) is 6.08 Å². The van der Waals surface area contributed by atoms with Gasteiger partial charge in [-0.25, -0.2) is 4.98 Å². The maximum Gasteiger partial charge on any atom is 0.313 e. The Balaban J connectivity index is 1.41. The number of benzene rings is 1. The molecule has 8 heteroatoms. The van der Waals surface area contributed by atoms with Crippen LogP contribution in [0.15, 0.2) is 40.8 Å². The molecule has 1 aliphatic heterocycles. The van der Waals surface area contributed by atoms with E-state index < -0.39 is 5.97 Å². The smallest absolute Gasteiger partial charge is 0.313 e. The van der Waals surface area contributed by atoms with Crippen molar-refractivity contribution in [1.29, 1.82) is 0 Å². The van der Waals surface area contributed by atoms with Crippen molar-refractivity contribution < 1.29 is 23.8 Å². The predicted molar refractivity (Wildman–Crippen MR) is 114 cm³/mol. The van der Waals surface area contributed by atoms with Crippen LogP contribution in [0, 0.1) is 6.92 Å². The number of oxazole rings is 1. The van der Waals surface area contributed by atoms with Crippen LogP contribution in [0.3, 0.4) is 0 Å². The van der Waals surface area contributed by atoms with E-state index in [-0.39, 0.29) is 12.5 Å². The second kappa shape index (κ2) is 8.75. The average Bonchev–Trinajstić information content (AvgIpc) is 3.41. The first-order valence-electron chi connectivity index (χ1n) is 8.99. The summed E-state index contributed by atoms with van der Waals surface area (Å²) in [4.78, 5) is 17.5. The molecule has 3 heterocycles. The molecule has 4 rings (SSSR count). The third kappa shape index (κ3) is 4.83. The lowest BCUT2D eigenvalue weighted by Crippen LogP contribution is -1.97. The highest BCUT2D eigenvalue weighted by molar-refractivity contribution is 8.00. The van der Waals surface area contributed by atoms with E-state index in [0.29, 0.717) is 23.8 Å². The lowest BCUT2D eigenvalue weighted by Gasteiger charge is -1.98. The van der Waals surface area contributed by atoms with Gasteiger partial charge in [-0.15, -0.1) is 23.1 Å². The summed E-state index contributed by atoms with van der Waals surface area (Å²) in [5.74, 6) is 2.83. The average molecular weight is 430 g/mol. The summed E-state index contributed by atoms with van der Waals surface area (Å²) >= 11 is 3.07. The van der Waals surface area contributed by atoms with Crippen molar-refractivity contribution in [2.24, 2.45) is 0 Å². The maximum absolute atomic E-state index is 10.5. The number of carboxylic acids is 1. The number of rotatable bonds is 8. The second-order valence-electron chi connectivity index (χ2n) is 6.38. The fourth-order valence-corrected chi connectivity index (χ4v) is 4.34. The summed E-state index contributed by atoms with van der Waals surface area (Å²) in [5, 5.41) is 8.64. The number of thiophene rings is 1. The van der Waals surface area contributed by atoms with Crippen molar-refractivity contribution in [2.45, 2.75) is 13.3 Å². The van der Waals surface area contributed by atoms with Crippen LogP contribution < -0.4 is 9.47 Å². The van der Waals surface area contributed by atoms with E-state index in [9.17, 15) is 4.79 Å². The van der Waals surface area contributed by atoms with E-state index >= 15 is 0 Å². The molecule has 0 bridgehead atoms. The summed E-state index contributed by atoms with van der Waals surface area (Å²) in [5.41, 5.74) is 1.77. The molecule has 0 spiro atoms. The van der Waals surface area contributed by atoms with E-state index in [1.54, 1.807) is 11.3 Å². The van der Waals surface area contributed by atoms with Gasteiger partial charge in [0.2, 0.25) is 12.7 Å². The molecule has 1 N–H and O–H groups in total. The molecular formula is C21H19NO5S2. The first kappa shape index (κ1) is 19.6. The highest BCUT2D eigenvalue weighted by Gasteiger charge is 2.18. The highest BCUT2D eigenvalue weighted by Crippen LogP contribution is 2.36. The van der Waals surface area contributed by atoms with Crippen LogP contribution in [0.2, 0.25) is 0 Å². The van der Waals surface area contributed by atoms with Gasteiger partial charge in [0.1, 0.15) is 5.76 Å². The van der Waals surface area contributed by atoms with Crippen molar-refractivity contribution in [3.05, 3.63) is 57.6 Å². The number of ether oxygens (including phenoxy) is 2. The van der Waals surface area contributed by atoms with Crippen molar-refractivity contribution in [2.75, 3.05) is 18.3 Å². The summed E-state index contributed by atoms with van der Waals surface area (Å²) in [7, 11) is 0. The number of carbonyl (C=O) groups is 1. The topological polar surface area (TPSA) is 81.8 Å². The summed E-state index contributed by atoms with van der Waals surface area (Å²) in [6, 6.07) is 9.81. The van der Waals surface area contributed by atoms with Gasteiger partial charge in [-0.05, 0) is 43.3 Å². The van der Waals surface area contributed by atoms with Gasteiger partial charge in [0.25, 0.3) is 0 Å². The first-order chi connectivity index (χ1) is 14.1. The zero-order valence-electron chi connectivity index (χ0n) is 15.7. The van der Waals surface area contributed by atoms with Crippen molar-refractivity contribution in [3.8, 4) is 23.0 Å². The van der Waals surface area contributed by atoms with Crippen LogP contribution >= 0.6 is 23.1 Å². The fraction of sp³-hybridized carbons (Fsp3) is 0.238. The minimum atomic E-state index is -0.787. The van der Waals surface area contributed by atoms with Crippen molar-refractivity contribution >= 4 is 35.1 Å². The second-order valence-corrected chi connectivity index (χ2v) is 8.61. The van der Waals surface area contributed by atoms with Crippen LogP contribution in [0.25, 0.3) is 17.5 Å². The molecule has 3 aromatic rings. The van der Waals surface area contributed by atoms with Crippen LogP contribution in [0.1, 0.15) is 21.2 Å². The van der Waals surface area contributed by atoms with E-state index in [4.69, 9.17) is 19.0 Å². The fourth-order valence-electron chi connectivity index (χ4n) is 2.87. The summed E-state index contributed by atoms with van der Waals surface area (Å²) in [6.07, 6.45) is 4.71. The summed E-state index contributed by atoms with van der Waals surface area (Å²) < 4.78 is 16.7. The standard InChI is InChI=1S/C21H19NO5S2/c1-13-17(10-16-6-5-15(29-16)3-2-8-28-11-20(23)24)22-21(27-13)14-4-7-18-19(9-14)26-12-25-18/h2-7,9H,8,10-12H2,1H3,(H,23,24)/b3-2+. The third-order valence-corrected chi connectivity index (χ3v) is 6.19. The van der Waals surface area contributed by atoms with Gasteiger partial charge >= 0.3 is 5.97 Å². The molecule has 0 amide bonds. The quantitative estimate of drug-likeness (QED) is 0.512. The van der Waals surface area contributed by atoms with Crippen molar-refractivity contribution in [1.82, 2.24) is 4.98 Å². The number of hydrogen-bond donors (Lipinski definition) is 1. The molecule has 0 aliphatic carbocycles. The van der Waals surface area contributed by atoms with Gasteiger partial charge in [0, 0.05) is 27.5 Å². The molecule has 6 nitrogen and oxygen atoms in total. The molecule has 0 saturated carbocycles. The highest BCUT2D eigenvalue weighted by atomic mass is 32.2. The Hall–Kier alpha value is -2.71. The molecule has 1 aliphatic rings. The van der Waals surface area contributed by atoms with Gasteiger partial charge in [-0.2, -0.15) is 0 Å². The monoisotopic (exact) mass is 429 g/mol. The maximum atomic E-state index is 10.5. The lowest BCUT2D eigenvalue weighted by atomic mass is 10.2. The molecule has 150 valence electrons. The largest absolute Gasteiger partial charge is 0.481 e. The minimum Gasteiger partial charge on any atom is -0.481 e. The van der Waals surface area contributed by atoms with Gasteiger partial charge in [-0.3, -0.25) is 4.79 Å². The van der Waals surface area contributed by atoms with Crippen LogP contribution in [-0.4, -0.2) is 34.4 Å². The molecular weight excluding hydrogens is 410 g/mol. The summed E-state index contributed by atoms with van der Waals surface area (Å²) in [6.45, 7) is 2.16. The number of aromatic nitrogens is 1. The Bertz CT molecular complexity index is 1050. The van der Waals surface area contributed by atoms with E-state index in [1.807, 2.05) is 37.3 Å². The van der Waals surface area contributed by atoms with Crippen LogP contribution in [0.4, 0.5) is 0 Å². The molecule has 0 atom stereocenters. The molecule has 29 heavy (non-hydrogen) atoms. The Morgan fingerprint density at radius 1 is 1.28 bits per heavy atom. The number of aliphatic carboxylic acids is 1. The van der Waals surface area contributed by atoms with E-state index in [2.05, 4.69) is 17.1 Å². The third-order valence-electron chi connectivity index (χ3n) is 4.26. The number of fused-ring (bicyclic) bond motifs is 1. The van der Waals surface area contributed by atoms with E-state index in [1.165, 1.54) is 16.6 Å². The number of aryl methyl sites for hydroxylation is 1. The van der Waals surface area contributed by atoms with Gasteiger partial charge in [0.05, 0.1) is 11.4 Å². The number of carboxylic acid groups (broad SMARTS) is 1. The molecule has 1 aromatic carbocycles. The molecule has 0 radical (unpaired) electrons.